The van der Waals surface area contributed by atoms with E-state index in [1.807, 2.05) is 49.5 Å². The van der Waals surface area contributed by atoms with Crippen LogP contribution >= 0.6 is 0 Å². The van der Waals surface area contributed by atoms with Crippen molar-refractivity contribution in [2.75, 3.05) is 45.8 Å². The Morgan fingerprint density at radius 1 is 1.31 bits per heavy atom. The van der Waals surface area contributed by atoms with Crippen molar-refractivity contribution < 1.29 is 14.3 Å². The number of rotatable bonds is 4. The van der Waals surface area contributed by atoms with Crippen LogP contribution in [0.3, 0.4) is 0 Å². The predicted molar refractivity (Wildman–Crippen MR) is 99.3 cm³/mol. The molecule has 7 heteroatoms. The number of morpholine rings is 1. The summed E-state index contributed by atoms with van der Waals surface area (Å²) in [4.78, 5) is 24.6. The normalized spacial score (nSPS) is 17.1. The fraction of sp³-hybridized carbons (Fsp3) is 0.421. The van der Waals surface area contributed by atoms with Gasteiger partial charge in [0.2, 0.25) is 11.9 Å². The molecule has 3 rings (SSSR count). The number of carbonyl (C=O) groups is 1. The molecule has 0 unspecified atom stereocenters. The largest absolute Gasteiger partial charge is 0.497 e. The molecule has 0 radical (unpaired) electrons. The monoisotopic (exact) mass is 356 g/mol. The molecule has 1 amide bonds. The summed E-state index contributed by atoms with van der Waals surface area (Å²) < 4.78 is 11.2. The first-order valence-electron chi connectivity index (χ1n) is 8.55. The van der Waals surface area contributed by atoms with Crippen LogP contribution in [-0.4, -0.2) is 61.7 Å². The summed E-state index contributed by atoms with van der Waals surface area (Å²) in [7, 11) is 5.44. The average Bonchev–Trinajstić information content (AvgIpc) is 2.67. The fourth-order valence-electron chi connectivity index (χ4n) is 2.94. The van der Waals surface area contributed by atoms with Gasteiger partial charge in [0.15, 0.2) is 0 Å². The van der Waals surface area contributed by atoms with Crippen LogP contribution in [0.15, 0.2) is 30.5 Å². The van der Waals surface area contributed by atoms with Gasteiger partial charge in [0.25, 0.3) is 0 Å². The van der Waals surface area contributed by atoms with Gasteiger partial charge < -0.3 is 19.3 Å². The van der Waals surface area contributed by atoms with Gasteiger partial charge in [0.05, 0.1) is 26.0 Å². The number of methoxy groups -OCH3 is 1. The van der Waals surface area contributed by atoms with Gasteiger partial charge in [-0.2, -0.15) is 0 Å². The lowest BCUT2D eigenvalue weighted by Gasteiger charge is -2.33. The van der Waals surface area contributed by atoms with Crippen LogP contribution in [0.2, 0.25) is 0 Å². The lowest BCUT2D eigenvalue weighted by molar-refractivity contribution is -0.136. The molecular formula is C19H24N4O3. The Balaban J connectivity index is 2.02. The first-order chi connectivity index (χ1) is 12.5. The molecule has 1 aromatic heterocycles. The van der Waals surface area contributed by atoms with Gasteiger partial charge in [-0.1, -0.05) is 12.1 Å². The molecule has 2 aromatic rings. The quantitative estimate of drug-likeness (QED) is 0.836. The molecule has 1 aromatic carbocycles. The highest BCUT2D eigenvalue weighted by Crippen LogP contribution is 2.32. The Hall–Kier alpha value is -2.67. The van der Waals surface area contributed by atoms with Crippen molar-refractivity contribution in [3.05, 3.63) is 36.2 Å². The van der Waals surface area contributed by atoms with E-state index >= 15 is 0 Å². The summed E-state index contributed by atoms with van der Waals surface area (Å²) in [5.41, 5.74) is 2.67. The third-order valence-electron chi connectivity index (χ3n) is 4.42. The first kappa shape index (κ1) is 18.1. The van der Waals surface area contributed by atoms with Crippen molar-refractivity contribution in [2.24, 2.45) is 0 Å². The smallest absolute Gasteiger partial charge is 0.225 e. The summed E-state index contributed by atoms with van der Waals surface area (Å²) in [5.74, 6) is 1.45. The van der Waals surface area contributed by atoms with Gasteiger partial charge in [-0.15, -0.1) is 0 Å². The lowest BCUT2D eigenvalue weighted by atomic mass is 10.0. The highest BCUT2D eigenvalue weighted by atomic mass is 16.5. The highest BCUT2D eigenvalue weighted by Gasteiger charge is 2.27. The van der Waals surface area contributed by atoms with Gasteiger partial charge in [-0.05, 0) is 17.7 Å². The maximum absolute atomic E-state index is 11.8. The van der Waals surface area contributed by atoms with E-state index in [2.05, 4.69) is 4.98 Å². The van der Waals surface area contributed by atoms with E-state index in [1.54, 1.807) is 18.9 Å². The molecule has 0 aliphatic carbocycles. The minimum atomic E-state index is -0.286. The third-order valence-corrected chi connectivity index (χ3v) is 4.42. The second-order valence-corrected chi connectivity index (χ2v) is 6.42. The second-order valence-electron chi connectivity index (χ2n) is 6.42. The molecule has 7 nitrogen and oxygen atoms in total. The average molecular weight is 356 g/mol. The van der Waals surface area contributed by atoms with Crippen molar-refractivity contribution in [1.82, 2.24) is 14.9 Å². The van der Waals surface area contributed by atoms with Crippen LogP contribution in [0, 0.1) is 0 Å². The molecular weight excluding hydrogens is 332 g/mol. The van der Waals surface area contributed by atoms with Crippen molar-refractivity contribution >= 4 is 11.9 Å². The predicted octanol–water partition coefficient (Wildman–Crippen LogP) is 2.14. The van der Waals surface area contributed by atoms with E-state index in [9.17, 15) is 4.79 Å². The summed E-state index contributed by atoms with van der Waals surface area (Å²) in [6.45, 7) is 3.17. The zero-order chi connectivity index (χ0) is 18.7. The number of carbonyl (C=O) groups excluding carboxylic acids is 1. The number of anilines is 1. The van der Waals surface area contributed by atoms with E-state index in [0.29, 0.717) is 25.6 Å². The Morgan fingerprint density at radius 2 is 2.04 bits per heavy atom. The van der Waals surface area contributed by atoms with Gasteiger partial charge in [-0.3, -0.25) is 4.79 Å². The van der Waals surface area contributed by atoms with Gasteiger partial charge >= 0.3 is 0 Å². The SMILES string of the molecule is COc1ccc(-c2cnc(N(C)C)nc2[C@@H]2CN(C(C)=O)CCO2)cc1. The number of ether oxygens (including phenoxy) is 2. The molecule has 1 saturated heterocycles. The van der Waals surface area contributed by atoms with Crippen LogP contribution in [0.4, 0.5) is 5.95 Å². The molecule has 1 atom stereocenters. The number of hydrogen-bond acceptors (Lipinski definition) is 6. The maximum atomic E-state index is 11.8. The molecule has 0 N–H and O–H groups in total. The minimum absolute atomic E-state index is 0.0474. The van der Waals surface area contributed by atoms with E-state index in [0.717, 1.165) is 22.6 Å². The molecule has 1 aliphatic rings. The molecule has 2 heterocycles. The lowest BCUT2D eigenvalue weighted by Crippen LogP contribution is -2.41. The molecule has 0 bridgehead atoms. The number of aromatic nitrogens is 2. The van der Waals surface area contributed by atoms with Crippen molar-refractivity contribution in [3.63, 3.8) is 0 Å². The van der Waals surface area contributed by atoms with Gasteiger partial charge in [0.1, 0.15) is 11.9 Å². The number of hydrogen-bond donors (Lipinski definition) is 0. The Bertz CT molecular complexity index is 777. The Kier molecular flexibility index (Phi) is 5.37. The molecule has 138 valence electrons. The first-order valence-corrected chi connectivity index (χ1v) is 8.55. The number of nitrogens with zero attached hydrogens (tertiary/aromatic N) is 4. The topological polar surface area (TPSA) is 67.8 Å². The summed E-state index contributed by atoms with van der Waals surface area (Å²) in [5, 5.41) is 0. The standard InChI is InChI=1S/C19H24N4O3/c1-13(24)23-9-10-26-17(12-23)18-16(11-20-19(21-18)22(2)3)14-5-7-15(25-4)8-6-14/h5-8,11,17H,9-10,12H2,1-4H3/t17-/m0/s1. The number of benzene rings is 1. The van der Waals surface area contributed by atoms with Crippen molar-refractivity contribution in [3.8, 4) is 16.9 Å². The van der Waals surface area contributed by atoms with Crippen LogP contribution in [-0.2, 0) is 9.53 Å². The zero-order valence-corrected chi connectivity index (χ0v) is 15.6. The molecule has 1 aliphatic heterocycles. The van der Waals surface area contributed by atoms with Crippen LogP contribution in [0.5, 0.6) is 5.75 Å². The van der Waals surface area contributed by atoms with Gasteiger partial charge in [-0.25, -0.2) is 9.97 Å². The van der Waals surface area contributed by atoms with Crippen molar-refractivity contribution in [1.29, 1.82) is 0 Å². The van der Waals surface area contributed by atoms with Crippen molar-refractivity contribution in [2.45, 2.75) is 13.0 Å². The molecule has 0 spiro atoms. The number of amides is 1. The van der Waals surface area contributed by atoms with Crippen LogP contribution in [0.1, 0.15) is 18.7 Å². The van der Waals surface area contributed by atoms with Gasteiger partial charge in [0, 0.05) is 39.3 Å². The molecule has 26 heavy (non-hydrogen) atoms. The second kappa shape index (κ2) is 7.70. The fourth-order valence-corrected chi connectivity index (χ4v) is 2.94. The van der Waals surface area contributed by atoms with Crippen LogP contribution in [0.25, 0.3) is 11.1 Å². The zero-order valence-electron chi connectivity index (χ0n) is 15.6. The van der Waals surface area contributed by atoms with Crippen LogP contribution < -0.4 is 9.64 Å². The molecule has 0 saturated carbocycles. The highest BCUT2D eigenvalue weighted by molar-refractivity contribution is 5.73. The van der Waals surface area contributed by atoms with E-state index < -0.39 is 0 Å². The summed E-state index contributed by atoms with van der Waals surface area (Å²) in [6.07, 6.45) is 1.53. The molecule has 1 fully saturated rings. The van der Waals surface area contributed by atoms with E-state index in [-0.39, 0.29) is 12.0 Å². The maximum Gasteiger partial charge on any atom is 0.225 e. The third kappa shape index (κ3) is 3.77. The Morgan fingerprint density at radius 3 is 2.65 bits per heavy atom. The van der Waals surface area contributed by atoms with E-state index in [4.69, 9.17) is 14.5 Å². The van der Waals surface area contributed by atoms with E-state index in [1.165, 1.54) is 0 Å². The summed E-state index contributed by atoms with van der Waals surface area (Å²) in [6, 6.07) is 7.76. The minimum Gasteiger partial charge on any atom is -0.497 e. The Labute approximate surface area is 153 Å². The summed E-state index contributed by atoms with van der Waals surface area (Å²) >= 11 is 0.